The smallest absolute Gasteiger partial charge is 0.203 e. The monoisotopic (exact) mass is 275 g/mol. The average Bonchev–Trinajstić information content (AvgIpc) is 2.37. The second-order valence-electron chi connectivity index (χ2n) is 3.85. The predicted octanol–water partition coefficient (Wildman–Crippen LogP) is 2.93. The summed E-state index contributed by atoms with van der Waals surface area (Å²) < 4.78 is 15.8. The van der Waals surface area contributed by atoms with Crippen LogP contribution in [0.1, 0.15) is 31.4 Å². The van der Waals surface area contributed by atoms with Crippen molar-refractivity contribution in [3.63, 3.8) is 0 Å². The van der Waals surface area contributed by atoms with Gasteiger partial charge in [0, 0.05) is 6.04 Å². The Balaban J connectivity index is 0.00000289. The van der Waals surface area contributed by atoms with E-state index in [0.29, 0.717) is 17.2 Å². The highest BCUT2D eigenvalue weighted by atomic mass is 35.5. The van der Waals surface area contributed by atoms with Gasteiger partial charge in [-0.25, -0.2) is 0 Å². The Labute approximate surface area is 115 Å². The van der Waals surface area contributed by atoms with E-state index in [1.165, 1.54) is 0 Å². The zero-order valence-corrected chi connectivity index (χ0v) is 12.2. The lowest BCUT2D eigenvalue weighted by molar-refractivity contribution is 0.323. The highest BCUT2D eigenvalue weighted by Crippen LogP contribution is 2.39. The molecule has 4 nitrogen and oxygen atoms in total. The zero-order valence-electron chi connectivity index (χ0n) is 11.4. The summed E-state index contributed by atoms with van der Waals surface area (Å²) in [5.74, 6) is 1.89. The fourth-order valence-corrected chi connectivity index (χ4v) is 1.79. The topological polar surface area (TPSA) is 53.7 Å². The van der Waals surface area contributed by atoms with Crippen LogP contribution in [0.2, 0.25) is 0 Å². The third-order valence-corrected chi connectivity index (χ3v) is 2.71. The fourth-order valence-electron chi connectivity index (χ4n) is 1.79. The van der Waals surface area contributed by atoms with Crippen molar-refractivity contribution in [1.82, 2.24) is 0 Å². The largest absolute Gasteiger partial charge is 0.493 e. The van der Waals surface area contributed by atoms with Crippen molar-refractivity contribution in [3.05, 3.63) is 17.7 Å². The van der Waals surface area contributed by atoms with E-state index < -0.39 is 0 Å². The SMILES string of the molecule is CCC[C@H](N)c1cc(OC)c(OC)c(OC)c1.Cl. The minimum absolute atomic E-state index is 0. The third kappa shape index (κ3) is 3.68. The van der Waals surface area contributed by atoms with Gasteiger partial charge in [0.2, 0.25) is 5.75 Å². The lowest BCUT2D eigenvalue weighted by atomic mass is 10.0. The van der Waals surface area contributed by atoms with Crippen LogP contribution in [0, 0.1) is 0 Å². The number of rotatable bonds is 6. The molecule has 0 amide bonds. The van der Waals surface area contributed by atoms with Gasteiger partial charge in [-0.3, -0.25) is 0 Å². The molecule has 0 unspecified atom stereocenters. The van der Waals surface area contributed by atoms with Gasteiger partial charge in [-0.2, -0.15) is 0 Å². The van der Waals surface area contributed by atoms with Crippen LogP contribution in [0.3, 0.4) is 0 Å². The Bertz CT molecular complexity index is 346. The maximum absolute atomic E-state index is 6.09. The van der Waals surface area contributed by atoms with E-state index in [1.807, 2.05) is 12.1 Å². The van der Waals surface area contributed by atoms with Crippen molar-refractivity contribution >= 4 is 12.4 Å². The van der Waals surface area contributed by atoms with Crippen molar-refractivity contribution in [2.45, 2.75) is 25.8 Å². The summed E-state index contributed by atoms with van der Waals surface area (Å²) in [6, 6.07) is 3.80. The van der Waals surface area contributed by atoms with Crippen molar-refractivity contribution in [2.75, 3.05) is 21.3 Å². The molecule has 0 aliphatic carbocycles. The maximum atomic E-state index is 6.09. The summed E-state index contributed by atoms with van der Waals surface area (Å²) in [6.07, 6.45) is 1.97. The van der Waals surface area contributed by atoms with E-state index in [2.05, 4.69) is 6.92 Å². The molecular formula is C13H22ClNO3. The van der Waals surface area contributed by atoms with Crippen LogP contribution in [0.4, 0.5) is 0 Å². The highest BCUT2D eigenvalue weighted by molar-refractivity contribution is 5.85. The normalized spacial score (nSPS) is 11.4. The first-order valence-electron chi connectivity index (χ1n) is 5.73. The molecule has 0 aromatic heterocycles. The van der Waals surface area contributed by atoms with E-state index in [4.69, 9.17) is 19.9 Å². The summed E-state index contributed by atoms with van der Waals surface area (Å²) in [6.45, 7) is 2.11. The maximum Gasteiger partial charge on any atom is 0.203 e. The van der Waals surface area contributed by atoms with Crippen molar-refractivity contribution in [1.29, 1.82) is 0 Å². The Hall–Kier alpha value is -1.13. The highest BCUT2D eigenvalue weighted by Gasteiger charge is 2.15. The van der Waals surface area contributed by atoms with Gasteiger partial charge in [0.25, 0.3) is 0 Å². The van der Waals surface area contributed by atoms with Gasteiger partial charge in [-0.1, -0.05) is 13.3 Å². The molecule has 1 rings (SSSR count). The van der Waals surface area contributed by atoms with Crippen molar-refractivity contribution in [2.24, 2.45) is 5.73 Å². The van der Waals surface area contributed by atoms with Gasteiger partial charge >= 0.3 is 0 Å². The molecule has 0 fully saturated rings. The molecule has 1 atom stereocenters. The predicted molar refractivity (Wildman–Crippen MR) is 75.2 cm³/mol. The van der Waals surface area contributed by atoms with E-state index in [-0.39, 0.29) is 18.4 Å². The molecule has 0 aliphatic rings. The van der Waals surface area contributed by atoms with Crippen LogP contribution >= 0.6 is 12.4 Å². The summed E-state index contributed by atoms with van der Waals surface area (Å²) in [5.41, 5.74) is 7.09. The number of benzene rings is 1. The Kier molecular flexibility index (Phi) is 7.55. The zero-order chi connectivity index (χ0) is 12.8. The van der Waals surface area contributed by atoms with Gasteiger partial charge in [0.05, 0.1) is 21.3 Å². The van der Waals surface area contributed by atoms with E-state index in [1.54, 1.807) is 21.3 Å². The molecule has 0 bridgehead atoms. The first-order valence-corrected chi connectivity index (χ1v) is 5.73. The van der Waals surface area contributed by atoms with Gasteiger partial charge in [-0.15, -0.1) is 12.4 Å². The van der Waals surface area contributed by atoms with Crippen LogP contribution in [-0.4, -0.2) is 21.3 Å². The summed E-state index contributed by atoms with van der Waals surface area (Å²) >= 11 is 0. The molecule has 1 aromatic rings. The average molecular weight is 276 g/mol. The van der Waals surface area contributed by atoms with Gasteiger partial charge < -0.3 is 19.9 Å². The first kappa shape index (κ1) is 16.9. The molecular weight excluding hydrogens is 254 g/mol. The van der Waals surface area contributed by atoms with Gasteiger partial charge in [0.1, 0.15) is 0 Å². The summed E-state index contributed by atoms with van der Waals surface area (Å²) in [7, 11) is 4.80. The van der Waals surface area contributed by atoms with Gasteiger partial charge in [-0.05, 0) is 24.1 Å². The molecule has 2 N–H and O–H groups in total. The van der Waals surface area contributed by atoms with E-state index in [0.717, 1.165) is 18.4 Å². The molecule has 5 heteroatoms. The molecule has 18 heavy (non-hydrogen) atoms. The van der Waals surface area contributed by atoms with Gasteiger partial charge in [0.15, 0.2) is 11.5 Å². The van der Waals surface area contributed by atoms with Crippen LogP contribution < -0.4 is 19.9 Å². The number of ether oxygens (including phenoxy) is 3. The standard InChI is InChI=1S/C13H21NO3.ClH/c1-5-6-10(14)9-7-11(15-2)13(17-4)12(8-9)16-3;/h7-8,10H,5-6,14H2,1-4H3;1H/t10-;/m0./s1. The first-order chi connectivity index (χ1) is 8.17. The molecule has 0 aliphatic heterocycles. The Morgan fingerprint density at radius 1 is 1.06 bits per heavy atom. The lowest BCUT2D eigenvalue weighted by Gasteiger charge is -2.17. The second-order valence-corrected chi connectivity index (χ2v) is 3.85. The minimum Gasteiger partial charge on any atom is -0.493 e. The number of hydrogen-bond donors (Lipinski definition) is 1. The number of methoxy groups -OCH3 is 3. The molecule has 0 radical (unpaired) electrons. The summed E-state index contributed by atoms with van der Waals surface area (Å²) in [5, 5.41) is 0. The van der Waals surface area contributed by atoms with E-state index >= 15 is 0 Å². The molecule has 0 saturated carbocycles. The Morgan fingerprint density at radius 3 is 1.89 bits per heavy atom. The van der Waals surface area contributed by atoms with E-state index in [9.17, 15) is 0 Å². The molecule has 0 saturated heterocycles. The minimum atomic E-state index is -0.00583. The van der Waals surface area contributed by atoms with Crippen molar-refractivity contribution < 1.29 is 14.2 Å². The number of halogens is 1. The van der Waals surface area contributed by atoms with Crippen LogP contribution in [0.25, 0.3) is 0 Å². The third-order valence-electron chi connectivity index (χ3n) is 2.71. The number of hydrogen-bond acceptors (Lipinski definition) is 4. The second kappa shape index (κ2) is 8.06. The van der Waals surface area contributed by atoms with Crippen LogP contribution in [0.15, 0.2) is 12.1 Å². The van der Waals surface area contributed by atoms with Crippen molar-refractivity contribution in [3.8, 4) is 17.2 Å². The van der Waals surface area contributed by atoms with Crippen LogP contribution in [-0.2, 0) is 0 Å². The molecule has 104 valence electrons. The Morgan fingerprint density at radius 2 is 1.56 bits per heavy atom. The molecule has 0 spiro atoms. The molecule has 1 aromatic carbocycles. The van der Waals surface area contributed by atoms with Crippen LogP contribution in [0.5, 0.6) is 17.2 Å². The summed E-state index contributed by atoms with van der Waals surface area (Å²) in [4.78, 5) is 0. The quantitative estimate of drug-likeness (QED) is 0.867. The number of nitrogens with two attached hydrogens (primary N) is 1. The lowest BCUT2D eigenvalue weighted by Crippen LogP contribution is -2.10. The fraction of sp³-hybridized carbons (Fsp3) is 0.538. The molecule has 0 heterocycles.